The summed E-state index contributed by atoms with van der Waals surface area (Å²) >= 11 is 0. The predicted octanol–water partition coefficient (Wildman–Crippen LogP) is 6.98. The molecule has 53 heavy (non-hydrogen) atoms. The lowest BCUT2D eigenvalue weighted by atomic mass is 9.73. The van der Waals surface area contributed by atoms with Gasteiger partial charge in [0.15, 0.2) is 17.3 Å². The highest BCUT2D eigenvalue weighted by atomic mass is 16.2. The highest BCUT2D eigenvalue weighted by Gasteiger charge is 2.85. The minimum absolute atomic E-state index is 0.0328. The lowest BCUT2D eigenvalue weighted by molar-refractivity contribution is -0.147. The molecule has 298 valence electrons. The Morgan fingerprint density at radius 1 is 0.849 bits per heavy atom. The summed E-state index contributed by atoms with van der Waals surface area (Å²) in [4.78, 5) is 88.1. The van der Waals surface area contributed by atoms with Crippen LogP contribution in [-0.4, -0.2) is 83.0 Å². The van der Waals surface area contributed by atoms with E-state index in [1.54, 1.807) is 4.90 Å². The number of piperidine rings is 1. The number of nitrogens with one attached hydrogen (secondary N) is 1. The van der Waals surface area contributed by atoms with E-state index in [-0.39, 0.29) is 70.6 Å². The molecule has 2 heterocycles. The quantitative estimate of drug-likeness (QED) is 0.170. The van der Waals surface area contributed by atoms with Gasteiger partial charge in [0.25, 0.3) is 0 Å². The molecule has 2 spiro atoms. The highest BCUT2D eigenvalue weighted by molar-refractivity contribution is 6.38. The average Bonchev–Trinajstić information content (AvgIpc) is 3.89. The zero-order valence-corrected chi connectivity index (χ0v) is 34.8. The Labute approximate surface area is 319 Å². The van der Waals surface area contributed by atoms with E-state index < -0.39 is 40.5 Å². The van der Waals surface area contributed by atoms with Crippen LogP contribution < -0.4 is 5.32 Å². The zero-order chi connectivity index (χ0) is 39.3. The Hall–Kier alpha value is -2.42. The molecule has 2 saturated heterocycles. The van der Waals surface area contributed by atoms with Gasteiger partial charge in [-0.05, 0) is 92.0 Å². The number of nitrogens with zero attached hydrogens (tertiary/aromatic N) is 2. The van der Waals surface area contributed by atoms with Gasteiger partial charge < -0.3 is 15.1 Å². The van der Waals surface area contributed by atoms with Crippen molar-refractivity contribution >= 4 is 34.9 Å². The van der Waals surface area contributed by atoms with Crippen molar-refractivity contribution in [1.82, 2.24) is 15.1 Å². The fourth-order valence-electron chi connectivity index (χ4n) is 11.0. The molecule has 6 atom stereocenters. The Morgan fingerprint density at radius 2 is 1.51 bits per heavy atom. The van der Waals surface area contributed by atoms with Gasteiger partial charge in [0.1, 0.15) is 0 Å². The van der Waals surface area contributed by atoms with Crippen LogP contribution >= 0.6 is 0 Å². The number of hydrogen-bond acceptors (Lipinski definition) is 7. The van der Waals surface area contributed by atoms with Crippen LogP contribution in [0.4, 0.5) is 0 Å². The topological polar surface area (TPSA) is 121 Å². The maximum Gasteiger partial charge on any atom is 0.227 e. The highest BCUT2D eigenvalue weighted by Crippen LogP contribution is 2.88. The van der Waals surface area contributed by atoms with Gasteiger partial charge in [-0.3, -0.25) is 28.8 Å². The molecule has 9 nitrogen and oxygen atoms in total. The van der Waals surface area contributed by atoms with Gasteiger partial charge in [0.2, 0.25) is 17.6 Å². The van der Waals surface area contributed by atoms with Crippen molar-refractivity contribution in [3.63, 3.8) is 0 Å². The van der Waals surface area contributed by atoms with Crippen molar-refractivity contribution < 1.29 is 28.8 Å². The van der Waals surface area contributed by atoms with E-state index >= 15 is 4.79 Å². The number of likely N-dealkylation sites (tertiary alicyclic amines) is 2. The van der Waals surface area contributed by atoms with Crippen LogP contribution in [0.5, 0.6) is 0 Å². The van der Waals surface area contributed by atoms with E-state index in [0.717, 1.165) is 58.0 Å². The van der Waals surface area contributed by atoms with Gasteiger partial charge in [-0.2, -0.15) is 0 Å². The van der Waals surface area contributed by atoms with Crippen LogP contribution in [0.25, 0.3) is 0 Å². The zero-order valence-electron chi connectivity index (χ0n) is 34.8. The molecule has 3 saturated carbocycles. The number of fused-ring (bicyclic) bond motifs is 1. The fourth-order valence-corrected chi connectivity index (χ4v) is 11.0. The Bertz CT molecular complexity index is 1450. The van der Waals surface area contributed by atoms with Gasteiger partial charge >= 0.3 is 0 Å². The minimum Gasteiger partial charge on any atom is -0.345 e. The first kappa shape index (κ1) is 41.7. The smallest absolute Gasteiger partial charge is 0.227 e. The largest absolute Gasteiger partial charge is 0.345 e. The number of rotatable bonds is 16. The van der Waals surface area contributed by atoms with Crippen molar-refractivity contribution in [3.05, 3.63) is 0 Å². The number of carbonyl (C=O) groups is 6. The van der Waals surface area contributed by atoms with Crippen molar-refractivity contribution in [2.24, 2.45) is 50.7 Å². The third-order valence-corrected chi connectivity index (χ3v) is 14.9. The van der Waals surface area contributed by atoms with Crippen LogP contribution in [0, 0.1) is 50.7 Å². The first-order valence-corrected chi connectivity index (χ1v) is 21.1. The second kappa shape index (κ2) is 15.3. The molecule has 1 N–H and O–H groups in total. The van der Waals surface area contributed by atoms with Gasteiger partial charge in [-0.25, -0.2) is 0 Å². The molecule has 2 amide bonds. The molecule has 9 heteroatoms. The molecular formula is C44H71N3O6. The van der Waals surface area contributed by atoms with Crippen LogP contribution in [0.1, 0.15) is 153 Å². The number of carbonyl (C=O) groups excluding carboxylic acids is 6. The molecule has 0 aromatic carbocycles. The molecule has 3 aliphatic carbocycles. The summed E-state index contributed by atoms with van der Waals surface area (Å²) in [5.74, 6) is -2.63. The third kappa shape index (κ3) is 7.98. The van der Waals surface area contributed by atoms with Crippen LogP contribution in [-0.2, 0) is 28.8 Å². The maximum atomic E-state index is 15.1. The second-order valence-corrected chi connectivity index (χ2v) is 20.5. The number of amides is 2. The van der Waals surface area contributed by atoms with E-state index in [1.165, 1.54) is 0 Å². The number of ketones is 4. The monoisotopic (exact) mass is 738 g/mol. The lowest BCUT2D eigenvalue weighted by Crippen LogP contribution is -2.54. The molecular weight excluding hydrogens is 666 g/mol. The molecule has 0 aromatic heterocycles. The van der Waals surface area contributed by atoms with Crippen LogP contribution in [0.3, 0.4) is 0 Å². The van der Waals surface area contributed by atoms with E-state index in [1.807, 2.05) is 48.5 Å². The van der Waals surface area contributed by atoms with Crippen molar-refractivity contribution in [1.29, 1.82) is 0 Å². The molecule has 5 fully saturated rings. The van der Waals surface area contributed by atoms with Crippen molar-refractivity contribution in [3.8, 4) is 0 Å². The Balaban J connectivity index is 1.39. The first-order valence-electron chi connectivity index (χ1n) is 21.1. The maximum absolute atomic E-state index is 15.1. The van der Waals surface area contributed by atoms with E-state index in [2.05, 4.69) is 31.0 Å². The summed E-state index contributed by atoms with van der Waals surface area (Å²) in [7, 11) is 0. The summed E-state index contributed by atoms with van der Waals surface area (Å²) in [6.07, 6.45) is 8.93. The van der Waals surface area contributed by atoms with E-state index in [0.29, 0.717) is 38.3 Å². The third-order valence-electron chi connectivity index (χ3n) is 14.9. The molecule has 5 rings (SSSR count). The SMILES string of the molecule is CCC[C@H](CC(=O)[C@@H]1C[C@@]2(CN1C(=O)[C@@H](CC(=O)[C@@H](NC(=O)[C@@H]1CCCN(CC)C1)C(C)(C)C)C(C)(C)C)C(C)(C)C21CCC1)C(=O)C(=O)CC1CC1. The van der Waals surface area contributed by atoms with Crippen molar-refractivity contribution in [2.75, 3.05) is 26.2 Å². The first-order chi connectivity index (χ1) is 24.6. The molecule has 2 aliphatic heterocycles. The van der Waals surface area contributed by atoms with Crippen molar-refractivity contribution in [2.45, 2.75) is 165 Å². The summed E-state index contributed by atoms with van der Waals surface area (Å²) < 4.78 is 0. The van der Waals surface area contributed by atoms with Gasteiger partial charge in [-0.15, -0.1) is 0 Å². The normalized spacial score (nSPS) is 28.2. The van der Waals surface area contributed by atoms with E-state index in [9.17, 15) is 24.0 Å². The van der Waals surface area contributed by atoms with Crippen LogP contribution in [0.2, 0.25) is 0 Å². The average molecular weight is 738 g/mol. The van der Waals surface area contributed by atoms with Gasteiger partial charge in [0, 0.05) is 49.6 Å². The fraction of sp³-hybridized carbons (Fsp3) is 0.864. The van der Waals surface area contributed by atoms with Gasteiger partial charge in [0.05, 0.1) is 18.0 Å². The summed E-state index contributed by atoms with van der Waals surface area (Å²) in [6.45, 7) is 23.5. The standard InChI is InChI=1S/C44H71N3O6/c1-11-15-29(36(51)34(49)22-28-17-18-28)23-33(48)32-25-44(42(9,10)43(44)19-14-20-43)27-47(32)39(53)31(40(3,4)5)24-35(50)37(41(6,7)8)45-38(52)30-16-13-21-46(12-2)26-30/h28-32,37H,11-27H2,1-10H3,(H,45,52)/t29-,30-,31-,32+,37-,44-/m1/s1. The lowest BCUT2D eigenvalue weighted by Gasteiger charge is -2.38. The summed E-state index contributed by atoms with van der Waals surface area (Å²) in [5, 5.41) is 3.14. The van der Waals surface area contributed by atoms with Crippen LogP contribution in [0.15, 0.2) is 0 Å². The predicted molar refractivity (Wildman–Crippen MR) is 207 cm³/mol. The number of hydrogen-bond donors (Lipinski definition) is 1. The molecule has 5 aliphatic rings. The molecule has 0 radical (unpaired) electrons. The number of Topliss-reactive ketones (excluding diaryl/α,β-unsaturated/α-hetero) is 4. The summed E-state index contributed by atoms with van der Waals surface area (Å²) in [6, 6.07) is -1.46. The minimum atomic E-state index is -0.762. The second-order valence-electron chi connectivity index (χ2n) is 20.5. The molecule has 0 bridgehead atoms. The Morgan fingerprint density at radius 3 is 2.02 bits per heavy atom. The molecule has 0 aromatic rings. The Kier molecular flexibility index (Phi) is 12.0. The van der Waals surface area contributed by atoms with E-state index in [4.69, 9.17) is 0 Å². The molecule has 0 unspecified atom stereocenters. The summed E-state index contributed by atoms with van der Waals surface area (Å²) in [5.41, 5.74) is -1.31. The van der Waals surface area contributed by atoms with Gasteiger partial charge in [-0.1, -0.05) is 82.1 Å².